The molecule has 1 aromatic rings. The van der Waals surface area contributed by atoms with E-state index in [9.17, 15) is 0 Å². The van der Waals surface area contributed by atoms with Crippen molar-refractivity contribution in [3.05, 3.63) is 29.8 Å². The molecule has 92 valence electrons. The van der Waals surface area contributed by atoms with Crippen LogP contribution in [0.15, 0.2) is 29.3 Å². The molecule has 0 aromatic heterocycles. The predicted molar refractivity (Wildman–Crippen MR) is 71.0 cm³/mol. The zero-order chi connectivity index (χ0) is 12.1. The Balaban J connectivity index is 2.07. The van der Waals surface area contributed by atoms with Gasteiger partial charge in [0.1, 0.15) is 0 Å². The second-order valence-electron chi connectivity index (χ2n) is 4.15. The highest BCUT2D eigenvalue weighted by atomic mass is 15.2. The van der Waals surface area contributed by atoms with Crippen molar-refractivity contribution in [3.63, 3.8) is 0 Å². The van der Waals surface area contributed by atoms with Crippen LogP contribution in [0.1, 0.15) is 5.56 Å². The Morgan fingerprint density at radius 3 is 2.76 bits per heavy atom. The van der Waals surface area contributed by atoms with Crippen molar-refractivity contribution in [2.45, 2.75) is 6.54 Å². The summed E-state index contributed by atoms with van der Waals surface area (Å²) in [5.74, 6) is 0.137. The van der Waals surface area contributed by atoms with Crippen LogP contribution < -0.4 is 21.7 Å². The largest absolute Gasteiger partial charge is 0.370 e. The molecule has 5 N–H and O–H groups in total. The molecule has 1 fully saturated rings. The molecule has 5 nitrogen and oxygen atoms in total. The molecule has 0 atom stereocenters. The summed E-state index contributed by atoms with van der Waals surface area (Å²) in [6.45, 7) is 4.72. The molecule has 0 radical (unpaired) electrons. The number of hydrogen-bond donors (Lipinski definition) is 3. The van der Waals surface area contributed by atoms with Gasteiger partial charge in [0.25, 0.3) is 0 Å². The number of anilines is 1. The third-order valence-electron chi connectivity index (χ3n) is 2.84. The first-order chi connectivity index (χ1) is 8.25. The van der Waals surface area contributed by atoms with Gasteiger partial charge in [-0.05, 0) is 17.7 Å². The Hall–Kier alpha value is -1.75. The Morgan fingerprint density at radius 1 is 1.29 bits per heavy atom. The molecule has 1 saturated heterocycles. The first-order valence-corrected chi connectivity index (χ1v) is 5.86. The minimum Gasteiger partial charge on any atom is -0.370 e. The number of nitrogens with one attached hydrogen (secondary N) is 1. The lowest BCUT2D eigenvalue weighted by atomic mass is 10.1. The van der Waals surface area contributed by atoms with Crippen LogP contribution in [0.4, 0.5) is 5.69 Å². The molecular weight excluding hydrogens is 214 g/mol. The molecule has 0 bridgehead atoms. The van der Waals surface area contributed by atoms with Crippen LogP contribution in [0, 0.1) is 0 Å². The average Bonchev–Trinajstić information content (AvgIpc) is 2.38. The monoisotopic (exact) mass is 233 g/mol. The van der Waals surface area contributed by atoms with Gasteiger partial charge in [0.2, 0.25) is 0 Å². The van der Waals surface area contributed by atoms with Crippen molar-refractivity contribution in [2.75, 3.05) is 31.1 Å². The first-order valence-electron chi connectivity index (χ1n) is 5.86. The zero-order valence-corrected chi connectivity index (χ0v) is 9.89. The SMILES string of the molecule is NC(N)=NCc1cccc(N2CCNCC2)c1. The highest BCUT2D eigenvalue weighted by Crippen LogP contribution is 2.17. The summed E-state index contributed by atoms with van der Waals surface area (Å²) in [7, 11) is 0. The Morgan fingerprint density at radius 2 is 2.06 bits per heavy atom. The minimum absolute atomic E-state index is 0.137. The lowest BCUT2D eigenvalue weighted by Crippen LogP contribution is -2.43. The quantitative estimate of drug-likeness (QED) is 0.502. The Labute approximate surface area is 102 Å². The fraction of sp³-hybridized carbons (Fsp3) is 0.417. The normalized spacial score (nSPS) is 15.6. The molecule has 0 aliphatic carbocycles. The first kappa shape index (κ1) is 11.7. The molecule has 2 rings (SSSR count). The van der Waals surface area contributed by atoms with Crippen molar-refractivity contribution < 1.29 is 0 Å². The summed E-state index contributed by atoms with van der Waals surface area (Å²) in [5, 5.41) is 3.34. The van der Waals surface area contributed by atoms with E-state index in [-0.39, 0.29) is 5.96 Å². The molecule has 0 saturated carbocycles. The lowest BCUT2D eigenvalue weighted by Gasteiger charge is -2.29. The van der Waals surface area contributed by atoms with E-state index in [1.54, 1.807) is 0 Å². The van der Waals surface area contributed by atoms with E-state index in [0.717, 1.165) is 31.7 Å². The summed E-state index contributed by atoms with van der Waals surface area (Å²) in [4.78, 5) is 6.39. The van der Waals surface area contributed by atoms with Crippen LogP contribution in [0.25, 0.3) is 0 Å². The minimum atomic E-state index is 0.137. The molecule has 1 aromatic carbocycles. The number of aliphatic imine (C=N–C) groups is 1. The van der Waals surface area contributed by atoms with E-state index < -0.39 is 0 Å². The van der Waals surface area contributed by atoms with Gasteiger partial charge in [0.15, 0.2) is 5.96 Å². The maximum atomic E-state index is 5.33. The van der Waals surface area contributed by atoms with Gasteiger partial charge in [0.05, 0.1) is 6.54 Å². The Kier molecular flexibility index (Phi) is 3.82. The predicted octanol–water partition coefficient (Wildman–Crippen LogP) is -0.130. The third-order valence-corrected chi connectivity index (χ3v) is 2.84. The van der Waals surface area contributed by atoms with Crippen molar-refractivity contribution in [1.82, 2.24) is 5.32 Å². The van der Waals surface area contributed by atoms with Crippen molar-refractivity contribution in [2.24, 2.45) is 16.5 Å². The van der Waals surface area contributed by atoms with Crippen LogP contribution in [0.5, 0.6) is 0 Å². The van der Waals surface area contributed by atoms with Crippen molar-refractivity contribution in [3.8, 4) is 0 Å². The number of guanidine groups is 1. The molecule has 0 spiro atoms. The van der Waals surface area contributed by atoms with E-state index in [0.29, 0.717) is 6.54 Å². The molecule has 1 aliphatic heterocycles. The van der Waals surface area contributed by atoms with Crippen molar-refractivity contribution in [1.29, 1.82) is 0 Å². The van der Waals surface area contributed by atoms with Gasteiger partial charge < -0.3 is 21.7 Å². The second kappa shape index (κ2) is 5.54. The van der Waals surface area contributed by atoms with Gasteiger partial charge in [-0.3, -0.25) is 0 Å². The lowest BCUT2D eigenvalue weighted by molar-refractivity contribution is 0.589. The standard InChI is InChI=1S/C12H19N5/c13-12(14)16-9-10-2-1-3-11(8-10)17-6-4-15-5-7-17/h1-3,8,15H,4-7,9H2,(H4,13,14,16). The van der Waals surface area contributed by atoms with Crippen LogP contribution in [-0.4, -0.2) is 32.1 Å². The van der Waals surface area contributed by atoms with Crippen LogP contribution in [0.2, 0.25) is 0 Å². The fourth-order valence-corrected chi connectivity index (χ4v) is 1.96. The smallest absolute Gasteiger partial charge is 0.186 e. The maximum Gasteiger partial charge on any atom is 0.186 e. The molecular formula is C12H19N5. The Bertz CT molecular complexity index is 392. The molecule has 1 aliphatic rings. The van der Waals surface area contributed by atoms with Gasteiger partial charge in [-0.2, -0.15) is 0 Å². The maximum absolute atomic E-state index is 5.33. The summed E-state index contributed by atoms with van der Waals surface area (Å²) in [5.41, 5.74) is 13.0. The summed E-state index contributed by atoms with van der Waals surface area (Å²) in [6.07, 6.45) is 0. The van der Waals surface area contributed by atoms with Crippen molar-refractivity contribution >= 4 is 11.6 Å². The average molecular weight is 233 g/mol. The summed E-state index contributed by atoms with van der Waals surface area (Å²) in [6, 6.07) is 8.37. The highest BCUT2D eigenvalue weighted by molar-refractivity contribution is 5.75. The van der Waals surface area contributed by atoms with E-state index in [4.69, 9.17) is 11.5 Å². The van der Waals surface area contributed by atoms with E-state index >= 15 is 0 Å². The van der Waals surface area contributed by atoms with E-state index in [2.05, 4.69) is 33.4 Å². The number of nitrogens with zero attached hydrogens (tertiary/aromatic N) is 2. The molecule has 17 heavy (non-hydrogen) atoms. The molecule has 0 amide bonds. The highest BCUT2D eigenvalue weighted by Gasteiger charge is 2.10. The number of rotatable bonds is 3. The van der Waals surface area contributed by atoms with Gasteiger partial charge in [0, 0.05) is 31.9 Å². The van der Waals surface area contributed by atoms with Crippen LogP contribution >= 0.6 is 0 Å². The van der Waals surface area contributed by atoms with Gasteiger partial charge in [-0.25, -0.2) is 4.99 Å². The topological polar surface area (TPSA) is 79.7 Å². The molecule has 0 unspecified atom stereocenters. The van der Waals surface area contributed by atoms with Gasteiger partial charge >= 0.3 is 0 Å². The summed E-state index contributed by atoms with van der Waals surface area (Å²) < 4.78 is 0. The van der Waals surface area contributed by atoms with E-state index in [1.165, 1.54) is 5.69 Å². The zero-order valence-electron chi connectivity index (χ0n) is 9.89. The number of hydrogen-bond acceptors (Lipinski definition) is 3. The van der Waals surface area contributed by atoms with E-state index in [1.807, 2.05) is 6.07 Å². The third kappa shape index (κ3) is 3.35. The van der Waals surface area contributed by atoms with Crippen LogP contribution in [-0.2, 0) is 6.54 Å². The van der Waals surface area contributed by atoms with Gasteiger partial charge in [-0.1, -0.05) is 12.1 Å². The van der Waals surface area contributed by atoms with Gasteiger partial charge in [-0.15, -0.1) is 0 Å². The second-order valence-corrected chi connectivity index (χ2v) is 4.15. The molecule has 1 heterocycles. The molecule has 5 heteroatoms. The van der Waals surface area contributed by atoms with Crippen LogP contribution in [0.3, 0.4) is 0 Å². The summed E-state index contributed by atoms with van der Waals surface area (Å²) >= 11 is 0. The number of piperazine rings is 1. The number of nitrogens with two attached hydrogens (primary N) is 2. The number of benzene rings is 1. The fourth-order valence-electron chi connectivity index (χ4n) is 1.96.